The van der Waals surface area contributed by atoms with Gasteiger partial charge in [0.2, 0.25) is 6.23 Å². The summed E-state index contributed by atoms with van der Waals surface area (Å²) in [6.07, 6.45) is -5.85. The molecule has 248 valence electrons. The predicted molar refractivity (Wildman–Crippen MR) is 159 cm³/mol. The van der Waals surface area contributed by atoms with Gasteiger partial charge in [-0.15, -0.1) is 0 Å². The molecule has 4 aliphatic rings. The Balaban J connectivity index is 1.20. The zero-order valence-electron chi connectivity index (χ0n) is 23.2. The molecule has 46 heavy (non-hydrogen) atoms. The molecule has 0 spiro atoms. The number of aliphatic hydroxyl groups is 1. The van der Waals surface area contributed by atoms with E-state index in [0.29, 0.717) is 0 Å². The lowest BCUT2D eigenvalue weighted by atomic mass is 10.1. The van der Waals surface area contributed by atoms with Gasteiger partial charge in [-0.05, 0) is 18.7 Å². The molecular weight excluding hydrogens is 697 g/mol. The predicted octanol–water partition coefficient (Wildman–Crippen LogP) is 0.699. The minimum atomic E-state index is -4.44. The molecule has 2 bridgehead atoms. The SMILES string of the molecule is CC1(N)NC(=O)c2ncn([C@@H]3OC4=C(O)C3OP(=O)(S)OC[C@H]3O[C@@H](n5cnc6c(N)ncnc65)C(F)C3OP(O)(=S)OC4)c2N1. The molecule has 9 atom stereocenters. The molecule has 1 saturated heterocycles. The minimum absolute atomic E-state index is 0.0479. The lowest BCUT2D eigenvalue weighted by Gasteiger charge is -2.34. The van der Waals surface area contributed by atoms with E-state index in [4.69, 9.17) is 50.8 Å². The maximum atomic E-state index is 16.0. The van der Waals surface area contributed by atoms with Gasteiger partial charge in [-0.25, -0.2) is 28.9 Å². The topological polar surface area (TPSA) is 268 Å². The number of amides is 1. The highest BCUT2D eigenvalue weighted by molar-refractivity contribution is 8.44. The average molecular weight is 723 g/mol. The molecule has 0 radical (unpaired) electrons. The summed E-state index contributed by atoms with van der Waals surface area (Å²) in [5, 5.41) is 16.5. The molecule has 20 nitrogen and oxygen atoms in total. The largest absolute Gasteiger partial charge is 0.506 e. The van der Waals surface area contributed by atoms with Crippen molar-refractivity contribution in [2.45, 2.75) is 49.6 Å². The van der Waals surface area contributed by atoms with Crippen LogP contribution in [0, 0.1) is 0 Å². The monoisotopic (exact) mass is 722 g/mol. The first kappa shape index (κ1) is 31.6. The van der Waals surface area contributed by atoms with Crippen LogP contribution in [0.15, 0.2) is 30.5 Å². The standard InChI is InChI=1S/C21H25FN10O10P2S2/c1-21(24)29-17-11(18(34)30-21)28-6-32(17)20-14-12(33)7(39-20)2-37-43(35,45)41-13-8(3-38-44(36,46)42-14)40-19(9(13)22)31-5-27-10-15(23)25-4-26-16(10)31/h4-6,8-9,13-14,19-20,29,33H,2-3,24H2,1H3,(H,30,34)(H,35,45)(H,36,46)(H2,23,25,26)/t8-,9?,13?,14?,19-,20-,21?,43?,44?/m1/s1. The van der Waals surface area contributed by atoms with E-state index in [9.17, 15) is 19.4 Å². The third-order valence-corrected chi connectivity index (χ3v) is 10.4. The fourth-order valence-corrected chi connectivity index (χ4v) is 8.04. The lowest BCUT2D eigenvalue weighted by Crippen LogP contribution is -2.62. The van der Waals surface area contributed by atoms with Crippen LogP contribution in [0.2, 0.25) is 0 Å². The van der Waals surface area contributed by atoms with Gasteiger partial charge in [-0.3, -0.25) is 33.2 Å². The molecule has 0 aliphatic carbocycles. The van der Waals surface area contributed by atoms with Gasteiger partial charge in [0.1, 0.15) is 42.8 Å². The maximum Gasteiger partial charge on any atom is 0.387 e. The van der Waals surface area contributed by atoms with E-state index >= 15 is 4.39 Å². The molecule has 1 fully saturated rings. The molecule has 3 aromatic rings. The summed E-state index contributed by atoms with van der Waals surface area (Å²) < 4.78 is 65.9. The van der Waals surface area contributed by atoms with Gasteiger partial charge in [0.25, 0.3) is 5.91 Å². The number of nitrogen functional groups attached to an aromatic ring is 1. The van der Waals surface area contributed by atoms with Crippen molar-refractivity contribution in [3.8, 4) is 0 Å². The van der Waals surface area contributed by atoms with Gasteiger partial charge in [-0.2, -0.15) is 0 Å². The van der Waals surface area contributed by atoms with Crippen LogP contribution < -0.4 is 22.1 Å². The van der Waals surface area contributed by atoms with Gasteiger partial charge < -0.3 is 40.4 Å². The smallest absolute Gasteiger partial charge is 0.387 e. The molecule has 7 heterocycles. The van der Waals surface area contributed by atoms with Gasteiger partial charge in [0, 0.05) is 0 Å². The van der Waals surface area contributed by atoms with E-state index < -0.39 is 81.1 Å². The Bertz CT molecular complexity index is 1880. The number of halogens is 1. The van der Waals surface area contributed by atoms with E-state index in [0.717, 1.165) is 6.33 Å². The number of carbonyl (C=O) groups excluding carboxylic acids is 1. The molecule has 8 N–H and O–H groups in total. The van der Waals surface area contributed by atoms with Crippen molar-refractivity contribution in [2.24, 2.45) is 5.73 Å². The van der Waals surface area contributed by atoms with Gasteiger partial charge >= 0.3 is 13.5 Å². The number of hydrogen-bond donors (Lipinski definition) is 7. The van der Waals surface area contributed by atoms with Crippen LogP contribution >= 0.6 is 25.8 Å². The van der Waals surface area contributed by atoms with Crippen molar-refractivity contribution in [3.05, 3.63) is 36.2 Å². The molecule has 0 aromatic carbocycles. The molecular formula is C21H25FN10O10P2S2. The van der Waals surface area contributed by atoms with E-state index in [1.54, 1.807) is 0 Å². The second kappa shape index (κ2) is 11.1. The molecule has 7 rings (SSSR count). The second-order valence-corrected chi connectivity index (χ2v) is 16.3. The number of imidazole rings is 2. The van der Waals surface area contributed by atoms with Crippen molar-refractivity contribution in [3.63, 3.8) is 0 Å². The van der Waals surface area contributed by atoms with Gasteiger partial charge in [-0.1, -0.05) is 12.2 Å². The summed E-state index contributed by atoms with van der Waals surface area (Å²) in [4.78, 5) is 39.6. The number of hydrogen-bond acceptors (Lipinski definition) is 17. The van der Waals surface area contributed by atoms with Crippen molar-refractivity contribution < 1.29 is 51.3 Å². The van der Waals surface area contributed by atoms with Crippen LogP contribution in [0.1, 0.15) is 29.9 Å². The maximum absolute atomic E-state index is 16.0. The minimum Gasteiger partial charge on any atom is -0.506 e. The summed E-state index contributed by atoms with van der Waals surface area (Å²) >= 11 is 9.20. The number of thiol groups is 1. The number of aromatic nitrogens is 6. The van der Waals surface area contributed by atoms with E-state index in [2.05, 4.69) is 42.8 Å². The van der Waals surface area contributed by atoms with Crippen LogP contribution in [0.4, 0.5) is 16.0 Å². The molecule has 1 amide bonds. The van der Waals surface area contributed by atoms with Gasteiger partial charge in [0.15, 0.2) is 53.0 Å². The number of alkyl halides is 1. The Morgan fingerprint density at radius 2 is 1.93 bits per heavy atom. The Kier molecular flexibility index (Phi) is 7.61. The summed E-state index contributed by atoms with van der Waals surface area (Å²) in [5.74, 6) is -2.84. The first-order valence-corrected chi connectivity index (χ1v) is 18.5. The Morgan fingerprint density at radius 3 is 2.72 bits per heavy atom. The Labute approximate surface area is 267 Å². The molecule has 0 saturated carbocycles. The number of nitrogens with one attached hydrogen (secondary N) is 2. The number of nitrogens with two attached hydrogens (primary N) is 2. The highest BCUT2D eigenvalue weighted by Gasteiger charge is 2.52. The van der Waals surface area contributed by atoms with Crippen molar-refractivity contribution in [1.29, 1.82) is 0 Å². The normalized spacial score (nSPS) is 38.2. The quantitative estimate of drug-likeness (QED) is 0.142. The molecule has 4 aliphatic heterocycles. The highest BCUT2D eigenvalue weighted by atomic mass is 32.7. The van der Waals surface area contributed by atoms with Crippen LogP contribution in [-0.4, -0.2) is 88.5 Å². The molecule has 25 heteroatoms. The first-order chi connectivity index (χ1) is 21.6. The van der Waals surface area contributed by atoms with E-state index in [-0.39, 0.29) is 34.3 Å². The number of aliphatic hydroxyl groups excluding tert-OH is 1. The van der Waals surface area contributed by atoms with Gasteiger partial charge in [0.05, 0.1) is 12.9 Å². The zero-order chi connectivity index (χ0) is 32.8. The van der Waals surface area contributed by atoms with E-state index in [1.165, 1.54) is 28.7 Å². The van der Waals surface area contributed by atoms with Crippen LogP contribution in [-0.2, 0) is 43.9 Å². The second-order valence-electron chi connectivity index (χ2n) is 10.6. The first-order valence-electron chi connectivity index (χ1n) is 13.2. The summed E-state index contributed by atoms with van der Waals surface area (Å²) in [5.41, 5.74) is 12.2. The number of carbonyl (C=O) groups is 1. The number of fused-ring (bicyclic) bond motifs is 4. The summed E-state index contributed by atoms with van der Waals surface area (Å²) in [6, 6.07) is 0. The Hall–Kier alpha value is -2.95. The van der Waals surface area contributed by atoms with Crippen LogP contribution in [0.3, 0.4) is 0 Å². The summed E-state index contributed by atoms with van der Waals surface area (Å²) in [7, 11) is 0. The summed E-state index contributed by atoms with van der Waals surface area (Å²) in [6.45, 7) is -8.62. The molecule has 6 unspecified atom stereocenters. The number of ether oxygens (including phenoxy) is 2. The molecule has 3 aromatic heterocycles. The van der Waals surface area contributed by atoms with Crippen molar-refractivity contribution in [1.82, 2.24) is 34.4 Å². The number of nitrogens with zero attached hydrogens (tertiary/aromatic N) is 6. The third-order valence-electron chi connectivity index (χ3n) is 7.30. The van der Waals surface area contributed by atoms with Crippen LogP contribution in [0.25, 0.3) is 11.2 Å². The third kappa shape index (κ3) is 5.54. The fraction of sp³-hybridized carbons (Fsp3) is 0.476. The number of rotatable bonds is 2. The van der Waals surface area contributed by atoms with Crippen molar-refractivity contribution >= 4 is 66.3 Å². The number of anilines is 2. The Morgan fingerprint density at radius 1 is 1.17 bits per heavy atom. The average Bonchev–Trinajstić information content (AvgIpc) is 3.72. The lowest BCUT2D eigenvalue weighted by molar-refractivity contribution is -0.0473. The highest BCUT2D eigenvalue weighted by Crippen LogP contribution is 2.59. The van der Waals surface area contributed by atoms with Crippen LogP contribution in [0.5, 0.6) is 0 Å². The fourth-order valence-electron chi connectivity index (χ4n) is 5.29. The van der Waals surface area contributed by atoms with Crippen molar-refractivity contribution in [2.75, 3.05) is 24.3 Å². The van der Waals surface area contributed by atoms with E-state index in [1.807, 2.05) is 0 Å². The zero-order valence-corrected chi connectivity index (χ0v) is 26.7.